The molecular formula is C18H17N3O2S. The molecule has 0 aromatic carbocycles. The van der Waals surface area contributed by atoms with Crippen molar-refractivity contribution < 1.29 is 9.47 Å². The molecule has 0 spiro atoms. The topological polar surface area (TPSA) is 57.1 Å². The smallest absolute Gasteiger partial charge is 0.189 e. The van der Waals surface area contributed by atoms with Gasteiger partial charge in [0.25, 0.3) is 0 Å². The highest BCUT2D eigenvalue weighted by atomic mass is 32.2. The number of rotatable bonds is 4. The summed E-state index contributed by atoms with van der Waals surface area (Å²) in [5.41, 5.74) is 3.90. The minimum atomic E-state index is -0.00624. The lowest BCUT2D eigenvalue weighted by Crippen LogP contribution is -2.21. The van der Waals surface area contributed by atoms with E-state index in [0.717, 1.165) is 33.6 Å². The molecular weight excluding hydrogens is 322 g/mol. The van der Waals surface area contributed by atoms with Crippen LogP contribution in [0.2, 0.25) is 0 Å². The Balaban J connectivity index is 1.50. The van der Waals surface area contributed by atoms with Gasteiger partial charge in [0, 0.05) is 11.9 Å². The second-order valence-electron chi connectivity index (χ2n) is 5.49. The van der Waals surface area contributed by atoms with Crippen LogP contribution in [0.3, 0.4) is 0 Å². The average molecular weight is 339 g/mol. The first-order valence-corrected chi connectivity index (χ1v) is 8.87. The van der Waals surface area contributed by atoms with E-state index in [-0.39, 0.29) is 6.10 Å². The molecule has 0 radical (unpaired) electrons. The van der Waals surface area contributed by atoms with Crippen molar-refractivity contribution in [3.63, 3.8) is 0 Å². The van der Waals surface area contributed by atoms with Gasteiger partial charge in [0.1, 0.15) is 6.10 Å². The van der Waals surface area contributed by atoms with E-state index in [1.165, 1.54) is 0 Å². The second kappa shape index (κ2) is 7.25. The Bertz CT molecular complexity index is 745. The molecule has 4 rings (SSSR count). The highest BCUT2D eigenvalue weighted by Gasteiger charge is 2.17. The van der Waals surface area contributed by atoms with Crippen molar-refractivity contribution in [3.8, 4) is 11.4 Å². The molecule has 1 aromatic rings. The highest BCUT2D eigenvalue weighted by Crippen LogP contribution is 2.27. The van der Waals surface area contributed by atoms with Crippen molar-refractivity contribution in [2.24, 2.45) is 0 Å². The second-order valence-corrected chi connectivity index (χ2v) is 6.43. The third kappa shape index (κ3) is 3.56. The van der Waals surface area contributed by atoms with E-state index in [1.54, 1.807) is 18.0 Å². The molecule has 0 saturated carbocycles. The predicted octanol–water partition coefficient (Wildman–Crippen LogP) is 3.36. The van der Waals surface area contributed by atoms with Gasteiger partial charge in [-0.05, 0) is 29.8 Å². The van der Waals surface area contributed by atoms with Crippen LogP contribution in [0.1, 0.15) is 17.4 Å². The van der Waals surface area contributed by atoms with Gasteiger partial charge >= 0.3 is 0 Å². The Morgan fingerprint density at radius 1 is 1.00 bits per heavy atom. The normalized spacial score (nSPS) is 17.9. The van der Waals surface area contributed by atoms with Gasteiger partial charge in [-0.15, -0.1) is 0 Å². The Morgan fingerprint density at radius 3 is 2.50 bits per heavy atom. The number of nitrogens with zero attached hydrogens (tertiary/aromatic N) is 3. The number of pyridine rings is 1. The summed E-state index contributed by atoms with van der Waals surface area (Å²) in [5.74, 6) is 0.766. The molecule has 6 heteroatoms. The molecule has 1 atom stereocenters. The van der Waals surface area contributed by atoms with Crippen LogP contribution in [0.15, 0.2) is 53.8 Å². The van der Waals surface area contributed by atoms with E-state index in [1.807, 2.05) is 42.5 Å². The van der Waals surface area contributed by atoms with Gasteiger partial charge in [0.2, 0.25) is 0 Å². The van der Waals surface area contributed by atoms with Crippen LogP contribution in [0.5, 0.6) is 0 Å². The van der Waals surface area contributed by atoms with Crippen molar-refractivity contribution in [3.05, 3.63) is 59.9 Å². The van der Waals surface area contributed by atoms with Crippen LogP contribution in [-0.4, -0.2) is 34.8 Å². The molecule has 1 aromatic heterocycles. The Labute approximate surface area is 144 Å². The third-order valence-electron chi connectivity index (χ3n) is 3.82. The molecule has 5 nitrogen and oxygen atoms in total. The molecule has 1 unspecified atom stereocenters. The maximum atomic E-state index is 5.74. The molecule has 1 saturated heterocycles. The molecule has 0 N–H and O–H groups in total. The predicted molar refractivity (Wildman–Crippen MR) is 92.0 cm³/mol. The van der Waals surface area contributed by atoms with Gasteiger partial charge in [0.15, 0.2) is 5.16 Å². The lowest BCUT2D eigenvalue weighted by atomic mass is 10.1. The summed E-state index contributed by atoms with van der Waals surface area (Å²) < 4.78 is 11.2. The van der Waals surface area contributed by atoms with Gasteiger partial charge in [-0.25, -0.2) is 9.97 Å². The number of thioether (sulfide) groups is 1. The molecule has 1 fully saturated rings. The van der Waals surface area contributed by atoms with Crippen LogP contribution in [0, 0.1) is 0 Å². The lowest BCUT2D eigenvalue weighted by molar-refractivity contribution is -0.0901. The van der Waals surface area contributed by atoms with Crippen LogP contribution < -0.4 is 0 Å². The number of ether oxygens (including phenoxy) is 2. The molecule has 24 heavy (non-hydrogen) atoms. The van der Waals surface area contributed by atoms with E-state index < -0.39 is 0 Å². The largest absolute Gasteiger partial charge is 0.376 e. The lowest BCUT2D eigenvalue weighted by Gasteiger charge is -2.22. The van der Waals surface area contributed by atoms with Gasteiger partial charge in [-0.3, -0.25) is 4.98 Å². The summed E-state index contributed by atoms with van der Waals surface area (Å²) in [4.78, 5) is 13.5. The monoisotopic (exact) mass is 339 g/mol. The van der Waals surface area contributed by atoms with E-state index in [2.05, 4.69) is 15.0 Å². The van der Waals surface area contributed by atoms with Crippen molar-refractivity contribution in [1.29, 1.82) is 0 Å². The van der Waals surface area contributed by atoms with E-state index in [0.29, 0.717) is 19.8 Å². The summed E-state index contributed by atoms with van der Waals surface area (Å²) in [7, 11) is 0. The van der Waals surface area contributed by atoms with Gasteiger partial charge in [0.05, 0.1) is 36.9 Å². The summed E-state index contributed by atoms with van der Waals surface area (Å²) >= 11 is 1.60. The average Bonchev–Trinajstić information content (AvgIpc) is 2.93. The molecule has 0 amide bonds. The van der Waals surface area contributed by atoms with Crippen molar-refractivity contribution in [1.82, 2.24) is 15.0 Å². The van der Waals surface area contributed by atoms with E-state index >= 15 is 0 Å². The van der Waals surface area contributed by atoms with E-state index in [4.69, 9.17) is 9.47 Å². The molecule has 3 aliphatic rings. The summed E-state index contributed by atoms with van der Waals surface area (Å²) in [6, 6.07) is 14.0. The summed E-state index contributed by atoms with van der Waals surface area (Å²) in [6.07, 6.45) is 1.80. The highest BCUT2D eigenvalue weighted by molar-refractivity contribution is 7.98. The first-order chi connectivity index (χ1) is 11.9. The number of hydrogen-bond acceptors (Lipinski definition) is 6. The number of aromatic nitrogens is 3. The Kier molecular flexibility index (Phi) is 4.69. The van der Waals surface area contributed by atoms with Crippen LogP contribution >= 0.6 is 11.8 Å². The molecule has 122 valence electrons. The Morgan fingerprint density at radius 2 is 1.83 bits per heavy atom. The van der Waals surface area contributed by atoms with Crippen molar-refractivity contribution in [2.45, 2.75) is 17.0 Å². The van der Waals surface area contributed by atoms with Crippen LogP contribution in [-0.2, 0) is 15.2 Å². The fourth-order valence-electron chi connectivity index (χ4n) is 2.58. The van der Waals surface area contributed by atoms with Crippen LogP contribution in [0.25, 0.3) is 11.4 Å². The maximum absolute atomic E-state index is 5.74. The zero-order chi connectivity index (χ0) is 16.2. The van der Waals surface area contributed by atoms with E-state index in [9.17, 15) is 0 Å². The fraction of sp³-hybridized carbons (Fsp3) is 0.278. The maximum Gasteiger partial charge on any atom is 0.189 e. The first-order valence-electron chi connectivity index (χ1n) is 7.88. The summed E-state index contributed by atoms with van der Waals surface area (Å²) in [6.45, 7) is 1.91. The molecule has 3 heterocycles. The summed E-state index contributed by atoms with van der Waals surface area (Å²) in [5, 5.41) is 0.778. The fourth-order valence-corrected chi connectivity index (χ4v) is 3.35. The first kappa shape index (κ1) is 15.5. The molecule has 0 bridgehead atoms. The third-order valence-corrected chi connectivity index (χ3v) is 4.71. The molecule has 2 aliphatic heterocycles. The SMILES string of the molecule is c1ccc(CSc2nc3ccc(C4COCCO4)ccc-3n2)nc1. The standard InChI is InChI=1S/C18H17N3O2S/c1-2-8-19-14(3-1)12-24-18-20-15-6-4-13(5-7-16(15)21-18)17-11-22-9-10-23-17/h1-8,17H,9-12H2. The van der Waals surface area contributed by atoms with Crippen molar-refractivity contribution in [2.75, 3.05) is 19.8 Å². The van der Waals surface area contributed by atoms with Gasteiger partial charge in [-0.2, -0.15) is 0 Å². The van der Waals surface area contributed by atoms with Gasteiger partial charge in [-0.1, -0.05) is 30.0 Å². The number of imidazole rings is 1. The zero-order valence-corrected chi connectivity index (χ0v) is 13.9. The number of fused-ring (bicyclic) bond motifs is 1. The Hall–Kier alpha value is -2.02. The van der Waals surface area contributed by atoms with Crippen molar-refractivity contribution >= 4 is 11.8 Å². The van der Waals surface area contributed by atoms with Crippen LogP contribution in [0.4, 0.5) is 0 Å². The minimum absolute atomic E-state index is 0.00624. The molecule has 1 aliphatic carbocycles. The minimum Gasteiger partial charge on any atom is -0.376 e. The van der Waals surface area contributed by atoms with Gasteiger partial charge < -0.3 is 9.47 Å². The quantitative estimate of drug-likeness (QED) is 0.680. The zero-order valence-electron chi connectivity index (χ0n) is 13.1. The number of hydrogen-bond donors (Lipinski definition) is 0.